The van der Waals surface area contributed by atoms with E-state index >= 15 is 0 Å². The monoisotopic (exact) mass is 387 g/mol. The van der Waals surface area contributed by atoms with Gasteiger partial charge in [0.15, 0.2) is 0 Å². The number of aromatic nitrogens is 6. The molecule has 5 rings (SSSR count). The third-order valence-electron chi connectivity index (χ3n) is 5.32. The zero-order valence-electron chi connectivity index (χ0n) is 15.8. The van der Waals surface area contributed by atoms with Gasteiger partial charge in [0, 0.05) is 30.1 Å². The first-order valence-corrected chi connectivity index (χ1v) is 9.57. The van der Waals surface area contributed by atoms with Gasteiger partial charge in [0.25, 0.3) is 0 Å². The molecule has 4 heterocycles. The maximum Gasteiger partial charge on any atom is 0.147 e. The Labute approximate surface area is 167 Å². The van der Waals surface area contributed by atoms with Crippen LogP contribution in [0.15, 0.2) is 42.9 Å². The predicted octanol–water partition coefficient (Wildman–Crippen LogP) is 1.99. The first-order chi connectivity index (χ1) is 14.2. The van der Waals surface area contributed by atoms with Crippen LogP contribution in [0.4, 0.5) is 11.5 Å². The lowest BCUT2D eigenvalue weighted by atomic mass is 10.1. The zero-order chi connectivity index (χ0) is 19.8. The molecule has 0 unspecified atom stereocenters. The highest BCUT2D eigenvalue weighted by atomic mass is 15.2. The highest BCUT2D eigenvalue weighted by molar-refractivity contribution is 5.95. The van der Waals surface area contributed by atoms with E-state index in [1.165, 1.54) is 0 Å². The van der Waals surface area contributed by atoms with Gasteiger partial charge in [-0.3, -0.25) is 10.1 Å². The SMILES string of the molecule is Nc1ccnnc1-c1ccc2[nH]nc(-c3cncc(N4CCC(N)CC4)n3)c2c1. The van der Waals surface area contributed by atoms with Crippen molar-refractivity contribution >= 4 is 22.4 Å². The molecule has 9 nitrogen and oxygen atoms in total. The van der Waals surface area contributed by atoms with Crippen molar-refractivity contribution in [1.82, 2.24) is 30.4 Å². The third kappa shape index (κ3) is 3.25. The lowest BCUT2D eigenvalue weighted by Gasteiger charge is -2.30. The van der Waals surface area contributed by atoms with E-state index in [4.69, 9.17) is 16.5 Å². The fourth-order valence-corrected chi connectivity index (χ4v) is 3.67. The van der Waals surface area contributed by atoms with Gasteiger partial charge in [0.05, 0.1) is 29.8 Å². The van der Waals surface area contributed by atoms with E-state index in [2.05, 4.69) is 30.3 Å². The number of aromatic amines is 1. The van der Waals surface area contributed by atoms with Crippen LogP contribution >= 0.6 is 0 Å². The molecule has 1 aliphatic heterocycles. The number of nitrogens with zero attached hydrogens (tertiary/aromatic N) is 6. The van der Waals surface area contributed by atoms with Crippen LogP contribution in [0.2, 0.25) is 0 Å². The molecule has 1 aliphatic rings. The van der Waals surface area contributed by atoms with Crippen LogP contribution < -0.4 is 16.4 Å². The minimum Gasteiger partial charge on any atom is -0.397 e. The van der Waals surface area contributed by atoms with E-state index in [0.717, 1.165) is 53.9 Å². The summed E-state index contributed by atoms with van der Waals surface area (Å²) in [5.41, 5.74) is 16.6. The second-order valence-corrected chi connectivity index (χ2v) is 7.25. The van der Waals surface area contributed by atoms with E-state index < -0.39 is 0 Å². The summed E-state index contributed by atoms with van der Waals surface area (Å²) in [5, 5.41) is 16.6. The van der Waals surface area contributed by atoms with Crippen LogP contribution in [0.1, 0.15) is 12.8 Å². The fourth-order valence-electron chi connectivity index (χ4n) is 3.67. The smallest absolute Gasteiger partial charge is 0.147 e. The molecule has 0 atom stereocenters. The summed E-state index contributed by atoms with van der Waals surface area (Å²) < 4.78 is 0. The molecular weight excluding hydrogens is 366 g/mol. The number of hydrogen-bond donors (Lipinski definition) is 3. The quantitative estimate of drug-likeness (QED) is 0.485. The molecule has 5 N–H and O–H groups in total. The molecule has 0 amide bonds. The second-order valence-electron chi connectivity index (χ2n) is 7.25. The van der Waals surface area contributed by atoms with Crippen LogP contribution in [-0.4, -0.2) is 49.5 Å². The molecule has 1 fully saturated rings. The van der Waals surface area contributed by atoms with Crippen LogP contribution in [0, 0.1) is 0 Å². The zero-order valence-corrected chi connectivity index (χ0v) is 15.8. The van der Waals surface area contributed by atoms with Crippen molar-refractivity contribution in [2.75, 3.05) is 23.7 Å². The normalized spacial score (nSPS) is 15.1. The lowest BCUT2D eigenvalue weighted by molar-refractivity contribution is 0.498. The van der Waals surface area contributed by atoms with E-state index in [1.807, 2.05) is 18.2 Å². The number of H-pyrrole nitrogens is 1. The Morgan fingerprint density at radius 3 is 2.76 bits per heavy atom. The van der Waals surface area contributed by atoms with Crippen LogP contribution in [-0.2, 0) is 0 Å². The first-order valence-electron chi connectivity index (χ1n) is 9.57. The summed E-state index contributed by atoms with van der Waals surface area (Å²) >= 11 is 0. The van der Waals surface area contributed by atoms with Gasteiger partial charge in [-0.1, -0.05) is 6.07 Å². The fraction of sp³-hybridized carbons (Fsp3) is 0.250. The Morgan fingerprint density at radius 2 is 1.93 bits per heavy atom. The summed E-state index contributed by atoms with van der Waals surface area (Å²) in [6.45, 7) is 1.77. The number of anilines is 2. The highest BCUT2D eigenvalue weighted by Crippen LogP contribution is 2.31. The van der Waals surface area contributed by atoms with Gasteiger partial charge < -0.3 is 16.4 Å². The Morgan fingerprint density at radius 1 is 1.07 bits per heavy atom. The Hall–Kier alpha value is -3.59. The lowest BCUT2D eigenvalue weighted by Crippen LogP contribution is -2.40. The Kier molecular flexibility index (Phi) is 4.28. The molecule has 3 aromatic heterocycles. The van der Waals surface area contributed by atoms with Crippen molar-refractivity contribution in [2.45, 2.75) is 18.9 Å². The number of nitrogens with two attached hydrogens (primary N) is 2. The number of fused-ring (bicyclic) bond motifs is 1. The molecule has 146 valence electrons. The number of nitrogens with one attached hydrogen (secondary N) is 1. The maximum absolute atomic E-state index is 6.07. The van der Waals surface area contributed by atoms with Crippen molar-refractivity contribution in [2.24, 2.45) is 5.73 Å². The van der Waals surface area contributed by atoms with Gasteiger partial charge in [-0.15, -0.1) is 5.10 Å². The van der Waals surface area contributed by atoms with Crippen LogP contribution in [0.25, 0.3) is 33.5 Å². The van der Waals surface area contributed by atoms with E-state index in [-0.39, 0.29) is 6.04 Å². The molecule has 0 spiro atoms. The molecule has 0 radical (unpaired) electrons. The highest BCUT2D eigenvalue weighted by Gasteiger charge is 2.19. The molecule has 0 saturated carbocycles. The standard InChI is InChI=1S/C20H21N9/c21-13-4-7-29(8-5-13)18-11-23-10-17(25-18)20-14-9-12(1-2-16(14)26-28-20)19-15(22)3-6-24-27-19/h1-3,6,9-11,13H,4-5,7-8,21H2,(H2,22,24)(H,26,28). The molecular formula is C20H21N9. The van der Waals surface area contributed by atoms with Crippen molar-refractivity contribution in [3.05, 3.63) is 42.9 Å². The van der Waals surface area contributed by atoms with Crippen molar-refractivity contribution in [3.8, 4) is 22.6 Å². The summed E-state index contributed by atoms with van der Waals surface area (Å²) in [4.78, 5) is 11.4. The maximum atomic E-state index is 6.07. The van der Waals surface area contributed by atoms with Crippen molar-refractivity contribution in [1.29, 1.82) is 0 Å². The van der Waals surface area contributed by atoms with Crippen LogP contribution in [0.3, 0.4) is 0 Å². The van der Waals surface area contributed by atoms with Gasteiger partial charge >= 0.3 is 0 Å². The topological polar surface area (TPSA) is 136 Å². The van der Waals surface area contributed by atoms with Gasteiger partial charge in [-0.2, -0.15) is 10.2 Å². The van der Waals surface area contributed by atoms with E-state index in [0.29, 0.717) is 17.1 Å². The summed E-state index contributed by atoms with van der Waals surface area (Å²) in [5.74, 6) is 0.847. The summed E-state index contributed by atoms with van der Waals surface area (Å²) in [7, 11) is 0. The summed E-state index contributed by atoms with van der Waals surface area (Å²) in [6, 6.07) is 7.91. The number of piperidine rings is 1. The number of nitrogen functional groups attached to an aromatic ring is 1. The molecule has 29 heavy (non-hydrogen) atoms. The number of benzene rings is 1. The second kappa shape index (κ2) is 7.10. The third-order valence-corrected chi connectivity index (χ3v) is 5.32. The van der Waals surface area contributed by atoms with Gasteiger partial charge in [0.2, 0.25) is 0 Å². The molecule has 1 aromatic carbocycles. The molecule has 0 bridgehead atoms. The van der Waals surface area contributed by atoms with Crippen LogP contribution in [0.5, 0.6) is 0 Å². The van der Waals surface area contributed by atoms with E-state index in [9.17, 15) is 0 Å². The van der Waals surface area contributed by atoms with Crippen molar-refractivity contribution in [3.63, 3.8) is 0 Å². The molecule has 0 aliphatic carbocycles. The van der Waals surface area contributed by atoms with Gasteiger partial charge in [0.1, 0.15) is 22.9 Å². The van der Waals surface area contributed by atoms with E-state index in [1.54, 1.807) is 24.7 Å². The average molecular weight is 387 g/mol. The Balaban J connectivity index is 1.55. The predicted molar refractivity (Wildman–Crippen MR) is 112 cm³/mol. The minimum atomic E-state index is 0.268. The Bertz CT molecular complexity index is 1160. The first kappa shape index (κ1) is 17.5. The molecule has 1 saturated heterocycles. The van der Waals surface area contributed by atoms with Gasteiger partial charge in [-0.05, 0) is 31.0 Å². The van der Waals surface area contributed by atoms with Gasteiger partial charge in [-0.25, -0.2) is 4.98 Å². The number of hydrogen-bond acceptors (Lipinski definition) is 8. The summed E-state index contributed by atoms with van der Waals surface area (Å²) in [6.07, 6.45) is 7.02. The molecule has 4 aromatic rings. The number of rotatable bonds is 3. The largest absolute Gasteiger partial charge is 0.397 e. The van der Waals surface area contributed by atoms with Crippen molar-refractivity contribution < 1.29 is 0 Å². The molecule has 9 heteroatoms. The average Bonchev–Trinajstić information content (AvgIpc) is 3.18. The minimum absolute atomic E-state index is 0.268.